The summed E-state index contributed by atoms with van der Waals surface area (Å²) in [6, 6.07) is -1.16. The summed E-state index contributed by atoms with van der Waals surface area (Å²) in [5.41, 5.74) is -37.6. The zero-order valence-electron chi connectivity index (χ0n) is 37.2. The van der Waals surface area contributed by atoms with Gasteiger partial charge in [-0.05, 0) is 48.5 Å². The summed E-state index contributed by atoms with van der Waals surface area (Å²) in [5.74, 6) is -43.9. The van der Waals surface area contributed by atoms with Crippen molar-refractivity contribution in [2.45, 2.75) is 19.6 Å². The highest BCUT2D eigenvalue weighted by atomic mass is 32.2. The SMILES string of the molecule is O=S(=O)(O)c1ccc(F)c(-c2c3nc(c(-c4c(F)ccc(S(=O)(=O)O)c4F)c4[nH]c(c(F)c4F)c(-c4c(F)ccc(S(=O)(=O)O)c4F)c4nc(c(-c5c(F)ccc(S(=O)(=O)O)c5F)c5[nH]c2c(F)c5F)C(F)=C4F)C(F)=C3F)c1F. The lowest BCUT2D eigenvalue weighted by molar-refractivity contribution is 0.469. The predicted molar refractivity (Wildman–Crippen MR) is 240 cm³/mol. The minimum absolute atomic E-state index is 0.116. The van der Waals surface area contributed by atoms with E-state index in [-0.39, 0.29) is 48.5 Å². The Bertz CT molecular complexity index is 4210. The number of aromatic nitrogens is 4. The molecular weight excluding hydrogens is 1210 g/mol. The fourth-order valence-corrected chi connectivity index (χ4v) is 10.7. The number of benzene rings is 4. The monoisotopic (exact) mass is 1220 g/mol. The smallest absolute Gasteiger partial charge is 0.297 e. The largest absolute Gasteiger partial charge is 0.349 e. The highest BCUT2D eigenvalue weighted by Gasteiger charge is 2.40. The maximum atomic E-state index is 17.0. The molecule has 0 amide bonds. The lowest BCUT2D eigenvalue weighted by Crippen LogP contribution is -2.06. The summed E-state index contributed by atoms with van der Waals surface area (Å²) in [6.45, 7) is 0. The van der Waals surface area contributed by atoms with E-state index in [1.807, 2.05) is 0 Å². The van der Waals surface area contributed by atoms with Crippen LogP contribution in [-0.4, -0.2) is 71.8 Å². The molecule has 80 heavy (non-hydrogen) atoms. The molecule has 16 nitrogen and oxygen atoms in total. The van der Waals surface area contributed by atoms with Gasteiger partial charge in [0.15, 0.2) is 69.8 Å². The van der Waals surface area contributed by atoms with Crippen LogP contribution in [0.5, 0.6) is 0 Å². The summed E-state index contributed by atoms with van der Waals surface area (Å²) in [6.07, 6.45) is 0. The summed E-state index contributed by atoms with van der Waals surface area (Å²) >= 11 is 0. The fourth-order valence-electron chi connectivity index (χ4n) is 8.39. The molecule has 36 heteroatoms. The first-order valence-corrected chi connectivity index (χ1v) is 26.2. The molecule has 0 aliphatic carbocycles. The third kappa shape index (κ3) is 8.68. The van der Waals surface area contributed by atoms with Crippen molar-refractivity contribution in [2.75, 3.05) is 0 Å². The van der Waals surface area contributed by atoms with Crippen molar-refractivity contribution in [1.29, 1.82) is 0 Å². The number of rotatable bonds is 8. The van der Waals surface area contributed by atoms with Gasteiger partial charge in [-0.25, -0.2) is 80.2 Å². The molecule has 5 heterocycles. The molecule has 2 aliphatic rings. The van der Waals surface area contributed by atoms with Crippen LogP contribution in [0.4, 0.5) is 70.2 Å². The zero-order chi connectivity index (χ0) is 59.3. The van der Waals surface area contributed by atoms with E-state index in [0.717, 1.165) is 0 Å². The van der Waals surface area contributed by atoms with E-state index in [1.165, 1.54) is 9.97 Å². The Kier molecular flexibility index (Phi) is 13.3. The van der Waals surface area contributed by atoms with Crippen LogP contribution < -0.4 is 0 Å². The van der Waals surface area contributed by atoms with E-state index in [2.05, 4.69) is 9.97 Å². The summed E-state index contributed by atoms with van der Waals surface area (Å²) in [7, 11) is -24.2. The quantitative estimate of drug-likeness (QED) is 0.0610. The lowest BCUT2D eigenvalue weighted by atomic mass is 10.0. The van der Waals surface area contributed by atoms with Crippen LogP contribution >= 0.6 is 0 Å². The van der Waals surface area contributed by atoms with E-state index < -0.39 is 243 Å². The number of nitrogens with zero attached hydrogens (tertiary/aromatic N) is 2. The Labute approximate surface area is 431 Å². The Balaban J connectivity index is 1.75. The van der Waals surface area contributed by atoms with Crippen LogP contribution in [0.1, 0.15) is 22.8 Å². The van der Waals surface area contributed by atoms with Gasteiger partial charge in [0.2, 0.25) is 0 Å². The number of hydrogen-bond donors (Lipinski definition) is 6. The number of fused-ring (bicyclic) bond motifs is 8. The normalized spacial score (nSPS) is 13.6. The first kappa shape index (κ1) is 56.7. The molecule has 418 valence electrons. The molecule has 0 unspecified atom stereocenters. The predicted octanol–water partition coefficient (Wildman–Crippen LogP) is 11.2. The zero-order valence-corrected chi connectivity index (χ0v) is 40.5. The number of hydrogen-bond acceptors (Lipinski definition) is 10. The van der Waals surface area contributed by atoms with E-state index in [0.29, 0.717) is 0 Å². The van der Waals surface area contributed by atoms with E-state index >= 15 is 70.2 Å². The molecule has 0 atom stereocenters. The third-order valence-corrected chi connectivity index (χ3v) is 15.2. The standard InChI is InChI=1S/C44H14F16N4O12S4/c45-9-1-5-13(77(65,66)67)25(49)17(9)21-37-29(53)31(55)39(61-37)22(18-10(46)2-6-14(26(18)50)78(68,69)70)41-33(57)35(59)43(63-41)24(20-12(48)4-8-16(28(20)52)80(74,75)76)44-36(60)34(58)42(64-44)23(40-32(56)30(54)38(21)62-40)19-11(47)3-7-15(27(19)51)79(71,72)73/h1-8,61,64H,(H,65,66,67)(H,68,69,70)(H,71,72,73)(H,74,75,76). The second kappa shape index (κ2) is 18.8. The highest BCUT2D eigenvalue weighted by molar-refractivity contribution is 7.86. The van der Waals surface area contributed by atoms with Crippen molar-refractivity contribution in [3.63, 3.8) is 0 Å². The Morgan fingerprint density at radius 2 is 0.450 bits per heavy atom. The van der Waals surface area contributed by atoms with E-state index in [1.54, 1.807) is 0 Å². The fraction of sp³-hybridized carbons (Fsp3) is 0. The summed E-state index contributed by atoms with van der Waals surface area (Å²) in [5, 5.41) is 0. The molecule has 2 aliphatic heterocycles. The van der Waals surface area contributed by atoms with Crippen molar-refractivity contribution in [2.24, 2.45) is 0 Å². The maximum absolute atomic E-state index is 17.0. The topological polar surface area (TPSA) is 275 Å². The van der Waals surface area contributed by atoms with Crippen molar-refractivity contribution in [3.8, 4) is 44.5 Å². The Morgan fingerprint density at radius 3 is 0.613 bits per heavy atom. The minimum Gasteiger partial charge on any atom is -0.349 e. The van der Waals surface area contributed by atoms with Crippen LogP contribution in [0, 0.1) is 69.8 Å². The second-order valence-corrected chi connectivity index (χ2v) is 21.8. The molecule has 8 bridgehead atoms. The van der Waals surface area contributed by atoms with Gasteiger partial charge in [-0.15, -0.1) is 0 Å². The van der Waals surface area contributed by atoms with Gasteiger partial charge in [0.05, 0.1) is 44.3 Å². The molecule has 4 aromatic carbocycles. The number of halogens is 16. The summed E-state index contributed by atoms with van der Waals surface area (Å²) in [4.78, 5) is 0.787. The molecule has 0 saturated carbocycles. The van der Waals surface area contributed by atoms with Gasteiger partial charge in [-0.1, -0.05) is 0 Å². The second-order valence-electron chi connectivity index (χ2n) is 16.2. The third-order valence-electron chi connectivity index (χ3n) is 11.7. The molecule has 0 fully saturated rings. The molecule has 3 aromatic heterocycles. The van der Waals surface area contributed by atoms with Gasteiger partial charge in [0.25, 0.3) is 40.5 Å². The molecule has 0 saturated heterocycles. The number of aromatic amines is 2. The molecule has 7 aromatic rings. The Hall–Kier alpha value is -8.00. The first-order valence-electron chi connectivity index (χ1n) is 20.4. The van der Waals surface area contributed by atoms with E-state index in [9.17, 15) is 51.9 Å². The lowest BCUT2D eigenvalue weighted by Gasteiger charge is -2.11. The highest BCUT2D eigenvalue weighted by Crippen LogP contribution is 2.51. The van der Waals surface area contributed by atoms with Crippen LogP contribution in [0.25, 0.3) is 89.9 Å². The molecule has 6 N–H and O–H groups in total. The van der Waals surface area contributed by atoms with Gasteiger partial charge in [0.1, 0.15) is 65.6 Å². The molecule has 0 spiro atoms. The van der Waals surface area contributed by atoms with Gasteiger partial charge < -0.3 is 9.97 Å². The summed E-state index contributed by atoms with van der Waals surface area (Å²) < 4.78 is 405. The van der Waals surface area contributed by atoms with Crippen LogP contribution in [-0.2, 0) is 40.5 Å². The minimum atomic E-state index is -6.06. The van der Waals surface area contributed by atoms with Crippen LogP contribution in [0.3, 0.4) is 0 Å². The average molecular weight is 1220 g/mol. The number of H-pyrrole nitrogens is 2. The van der Waals surface area contributed by atoms with Crippen molar-refractivity contribution in [1.82, 2.24) is 19.9 Å². The van der Waals surface area contributed by atoms with Gasteiger partial charge in [0, 0.05) is 22.3 Å². The number of nitrogens with one attached hydrogen (secondary N) is 2. The Morgan fingerprint density at radius 1 is 0.275 bits per heavy atom. The van der Waals surface area contributed by atoms with Crippen molar-refractivity contribution in [3.05, 3.63) is 141 Å². The van der Waals surface area contributed by atoms with Crippen LogP contribution in [0.2, 0.25) is 0 Å². The molecule has 9 rings (SSSR count). The van der Waals surface area contributed by atoms with Crippen molar-refractivity contribution < 1.29 is 122 Å². The molecular formula is C44H14F16N4O12S4. The van der Waals surface area contributed by atoms with Gasteiger partial charge >= 0.3 is 0 Å². The van der Waals surface area contributed by atoms with Gasteiger partial charge in [-0.3, -0.25) is 18.2 Å². The molecule has 0 radical (unpaired) electrons. The van der Waals surface area contributed by atoms with E-state index in [4.69, 9.17) is 0 Å². The maximum Gasteiger partial charge on any atom is 0.297 e. The average Bonchev–Trinajstić information content (AvgIpc) is 4.08. The van der Waals surface area contributed by atoms with Gasteiger partial charge in [-0.2, -0.15) is 33.7 Å². The van der Waals surface area contributed by atoms with Crippen molar-refractivity contribution >= 4 is 85.8 Å². The first-order chi connectivity index (χ1) is 36.9. The van der Waals surface area contributed by atoms with Crippen LogP contribution in [0.15, 0.2) is 68.1 Å².